The maximum Gasteiger partial charge on any atom is 0.498 e. The Labute approximate surface area is 251 Å². The molecule has 1 aliphatic heterocycles. The third kappa shape index (κ3) is 16.6. The van der Waals surface area contributed by atoms with Crippen molar-refractivity contribution in [1.82, 2.24) is 0 Å². The number of hydrogen-bond donors (Lipinski definition) is 2. The Kier molecular flexibility index (Phi) is 19.8. The number of aliphatic hydroxyl groups is 1. The van der Waals surface area contributed by atoms with Crippen molar-refractivity contribution in [2.45, 2.75) is 147 Å². The Balaban J connectivity index is 2.09. The fraction of sp³-hybridized carbons (Fsp3) is 1.00. The quantitative estimate of drug-likeness (QED) is 0.0706. The smallest absolute Gasteiger partial charge is 0.396 e. The molecule has 0 aromatic heterocycles. The van der Waals surface area contributed by atoms with Crippen molar-refractivity contribution >= 4 is 8.80 Å². The Morgan fingerprint density at radius 2 is 1.02 bits per heavy atom. The van der Waals surface area contributed by atoms with Crippen molar-refractivity contribution in [2.24, 2.45) is 0 Å². The van der Waals surface area contributed by atoms with Gasteiger partial charge in [-0.15, -0.1) is 0 Å². The molecule has 0 bridgehead atoms. The zero-order valence-electron chi connectivity index (χ0n) is 28.0. The first-order chi connectivity index (χ1) is 19.0. The van der Waals surface area contributed by atoms with Crippen LogP contribution in [0.15, 0.2) is 0 Å². The molecule has 0 atom stereocenters. The van der Waals surface area contributed by atoms with Gasteiger partial charge in [-0.05, 0) is 12.8 Å². The summed E-state index contributed by atoms with van der Waals surface area (Å²) in [7, 11) is 8.06. The van der Waals surface area contributed by atoms with Crippen LogP contribution < -0.4 is 0 Å². The third-order valence-corrected chi connectivity index (χ3v) is 12.0. The molecule has 1 rings (SSSR count). The van der Waals surface area contributed by atoms with Crippen molar-refractivity contribution in [3.63, 3.8) is 0 Å². The minimum Gasteiger partial charge on any atom is -0.396 e. The first-order valence-electron chi connectivity index (χ1n) is 17.2. The van der Waals surface area contributed by atoms with Gasteiger partial charge in [0.1, 0.15) is 5.54 Å². The molecule has 0 saturated carbocycles. The van der Waals surface area contributed by atoms with Gasteiger partial charge >= 0.3 is 8.80 Å². The average molecular weight is 589 g/mol. The summed E-state index contributed by atoms with van der Waals surface area (Å²) in [6, 6.07) is 0.644. The summed E-state index contributed by atoms with van der Waals surface area (Å²) >= 11 is 0. The second kappa shape index (κ2) is 20.8. The van der Waals surface area contributed by atoms with E-state index < -0.39 is 8.80 Å². The van der Waals surface area contributed by atoms with Crippen LogP contribution >= 0.6 is 0 Å². The monoisotopic (exact) mass is 589 g/mol. The molecular weight excluding hydrogens is 516 g/mol. The molecule has 0 unspecified atom stereocenters. The standard InChI is InChI=1S/C33H72N2O4Si/c1-7-8-9-10-11-12-13-14-15-16-17-18-19-20-21-22-27-35(5,6)28-23-32-40(37)38-30-25-33(24-29-36,26-31-39-40)34(2,3)4/h36-37H,7-32H2,1-6H3/q+2. The first-order valence-corrected chi connectivity index (χ1v) is 19.2. The predicted molar refractivity (Wildman–Crippen MR) is 172 cm³/mol. The average Bonchev–Trinajstić information content (AvgIpc) is 2.86. The summed E-state index contributed by atoms with van der Waals surface area (Å²) in [4.78, 5) is 11.1. The lowest BCUT2D eigenvalue weighted by Gasteiger charge is -2.48. The molecule has 0 radical (unpaired) electrons. The molecule has 0 amide bonds. The summed E-state index contributed by atoms with van der Waals surface area (Å²) in [6.45, 7) is 5.73. The van der Waals surface area contributed by atoms with Crippen LogP contribution in [0.5, 0.6) is 0 Å². The molecule has 7 heteroatoms. The van der Waals surface area contributed by atoms with E-state index >= 15 is 0 Å². The largest absolute Gasteiger partial charge is 0.498 e. The lowest BCUT2D eigenvalue weighted by atomic mass is 9.85. The van der Waals surface area contributed by atoms with Crippen LogP contribution in [-0.2, 0) is 8.85 Å². The van der Waals surface area contributed by atoms with E-state index in [0.717, 1.165) is 41.2 Å². The lowest BCUT2D eigenvalue weighted by Crippen LogP contribution is -2.60. The van der Waals surface area contributed by atoms with Crippen LogP contribution in [0.25, 0.3) is 0 Å². The molecule has 2 N–H and O–H groups in total. The Morgan fingerprint density at radius 3 is 1.43 bits per heavy atom. The molecule has 1 aliphatic rings. The molecule has 0 aliphatic carbocycles. The van der Waals surface area contributed by atoms with Gasteiger partial charge in [0.05, 0.1) is 48.3 Å². The van der Waals surface area contributed by atoms with Crippen molar-refractivity contribution < 1.29 is 27.7 Å². The zero-order valence-corrected chi connectivity index (χ0v) is 29.0. The molecular formula is C33H72N2O4Si+2. The summed E-state index contributed by atoms with van der Waals surface area (Å²) in [5.41, 5.74) is -0.0731. The van der Waals surface area contributed by atoms with Crippen LogP contribution in [-0.4, -0.2) is 101 Å². The minimum atomic E-state index is -3.12. The molecule has 240 valence electrons. The van der Waals surface area contributed by atoms with Crippen LogP contribution in [0, 0.1) is 0 Å². The maximum absolute atomic E-state index is 11.1. The SMILES string of the molecule is CCCCCCCCCCCCCCCCCC[N+](C)(C)CCC[Si]1(O)OCCC(CCO)([N+](C)(C)C)CCO1. The second-order valence-corrected chi connectivity index (χ2v) is 16.9. The molecule has 40 heavy (non-hydrogen) atoms. The van der Waals surface area contributed by atoms with E-state index in [9.17, 15) is 9.90 Å². The normalized spacial score (nSPS) is 22.8. The van der Waals surface area contributed by atoms with Gasteiger partial charge in [-0.2, -0.15) is 0 Å². The van der Waals surface area contributed by atoms with Crippen LogP contribution in [0.2, 0.25) is 6.04 Å². The van der Waals surface area contributed by atoms with E-state index in [1.165, 1.54) is 109 Å². The van der Waals surface area contributed by atoms with Gasteiger partial charge in [-0.1, -0.05) is 96.8 Å². The summed E-state index contributed by atoms with van der Waals surface area (Å²) in [5, 5.41) is 9.66. The Hall–Kier alpha value is -0.0231. The van der Waals surface area contributed by atoms with Crippen molar-refractivity contribution in [3.05, 3.63) is 0 Å². The number of unbranched alkanes of at least 4 members (excludes halogenated alkanes) is 15. The van der Waals surface area contributed by atoms with Crippen molar-refractivity contribution in [2.75, 3.05) is 68.1 Å². The minimum absolute atomic E-state index is 0.0731. The predicted octanol–water partition coefficient (Wildman–Crippen LogP) is 7.30. The van der Waals surface area contributed by atoms with Gasteiger partial charge in [0, 0.05) is 51.5 Å². The van der Waals surface area contributed by atoms with E-state index in [2.05, 4.69) is 42.2 Å². The molecule has 1 saturated heterocycles. The number of aliphatic hydroxyl groups excluding tert-OH is 1. The maximum atomic E-state index is 11.1. The zero-order chi connectivity index (χ0) is 29.8. The van der Waals surface area contributed by atoms with E-state index in [4.69, 9.17) is 8.85 Å². The van der Waals surface area contributed by atoms with Crippen molar-refractivity contribution in [3.8, 4) is 0 Å². The number of hydrogen-bond acceptors (Lipinski definition) is 4. The fourth-order valence-corrected chi connectivity index (χ4v) is 8.33. The van der Waals surface area contributed by atoms with Crippen LogP contribution in [0.1, 0.15) is 135 Å². The highest BCUT2D eigenvalue weighted by Crippen LogP contribution is 2.34. The summed E-state index contributed by atoms with van der Waals surface area (Å²) < 4.78 is 13.9. The van der Waals surface area contributed by atoms with Crippen LogP contribution in [0.3, 0.4) is 0 Å². The van der Waals surface area contributed by atoms with Crippen LogP contribution in [0.4, 0.5) is 0 Å². The highest BCUT2D eigenvalue weighted by Gasteiger charge is 2.47. The van der Waals surface area contributed by atoms with Crippen molar-refractivity contribution in [1.29, 1.82) is 0 Å². The van der Waals surface area contributed by atoms with Gasteiger partial charge in [-0.25, -0.2) is 0 Å². The Morgan fingerprint density at radius 1 is 0.625 bits per heavy atom. The van der Waals surface area contributed by atoms with E-state index in [1.54, 1.807) is 0 Å². The van der Waals surface area contributed by atoms with E-state index in [1.807, 2.05) is 0 Å². The van der Waals surface area contributed by atoms with Gasteiger partial charge in [0.25, 0.3) is 0 Å². The lowest BCUT2D eigenvalue weighted by molar-refractivity contribution is -0.926. The summed E-state index contributed by atoms with van der Waals surface area (Å²) in [6.07, 6.45) is 25.9. The molecule has 1 fully saturated rings. The highest BCUT2D eigenvalue weighted by atomic mass is 28.4. The topological polar surface area (TPSA) is 58.9 Å². The van der Waals surface area contributed by atoms with E-state index in [0.29, 0.717) is 19.3 Å². The first kappa shape index (κ1) is 38.0. The second-order valence-electron chi connectivity index (χ2n) is 14.4. The van der Waals surface area contributed by atoms with Gasteiger partial charge < -0.3 is 27.7 Å². The van der Waals surface area contributed by atoms with Gasteiger partial charge in [0.2, 0.25) is 0 Å². The third-order valence-electron chi connectivity index (χ3n) is 9.66. The molecule has 1 heterocycles. The molecule has 0 spiro atoms. The number of quaternary nitrogens is 2. The number of nitrogens with zero attached hydrogens (tertiary/aromatic N) is 2. The van der Waals surface area contributed by atoms with Gasteiger partial charge in [-0.3, -0.25) is 0 Å². The van der Waals surface area contributed by atoms with Gasteiger partial charge in [0.15, 0.2) is 0 Å². The fourth-order valence-electron chi connectivity index (χ4n) is 6.51. The number of rotatable bonds is 24. The van der Waals surface area contributed by atoms with E-state index in [-0.39, 0.29) is 12.1 Å². The molecule has 6 nitrogen and oxygen atoms in total. The molecule has 0 aromatic carbocycles. The molecule has 0 aromatic rings. The Bertz CT molecular complexity index is 602. The summed E-state index contributed by atoms with van der Waals surface area (Å²) in [5.74, 6) is 0. The highest BCUT2D eigenvalue weighted by molar-refractivity contribution is 6.59.